The Morgan fingerprint density at radius 3 is 2.73 bits per heavy atom. The fourth-order valence-electron chi connectivity index (χ4n) is 3.97. The van der Waals surface area contributed by atoms with Crippen LogP contribution < -0.4 is 5.32 Å². The summed E-state index contributed by atoms with van der Waals surface area (Å²) in [4.78, 5) is 12.4. The molecule has 3 aromatic carbocycles. The molecule has 2 heterocycles. The lowest BCUT2D eigenvalue weighted by molar-refractivity contribution is 0.0858. The van der Waals surface area contributed by atoms with Crippen molar-refractivity contribution in [2.24, 2.45) is 0 Å². The molecule has 1 aliphatic rings. The van der Waals surface area contributed by atoms with Gasteiger partial charge in [-0.3, -0.25) is 9.89 Å². The summed E-state index contributed by atoms with van der Waals surface area (Å²) in [5, 5.41) is 13.0. The van der Waals surface area contributed by atoms with E-state index in [-0.39, 0.29) is 12.0 Å². The van der Waals surface area contributed by atoms with Crippen molar-refractivity contribution in [3.05, 3.63) is 78.4 Å². The van der Waals surface area contributed by atoms with Crippen molar-refractivity contribution in [2.75, 3.05) is 13.2 Å². The number of hydrogen-bond donors (Lipinski definition) is 2. The number of ether oxygens (including phenoxy) is 1. The van der Waals surface area contributed by atoms with Gasteiger partial charge in [0.25, 0.3) is 5.91 Å². The standard InChI is InChI=1S/C25H23N3O2/c29-25(26-16-20-7-4-14-30-20)19-12-10-18(11-13-19)23-15-24(28-27-23)22-9-3-6-17-5-1-2-8-21(17)22/h1-3,5-6,8-13,15,20H,4,7,14,16H2,(H,26,29)(H,27,28). The summed E-state index contributed by atoms with van der Waals surface area (Å²) in [5.41, 5.74) is 4.55. The number of benzene rings is 3. The van der Waals surface area contributed by atoms with Crippen molar-refractivity contribution in [1.82, 2.24) is 15.5 Å². The van der Waals surface area contributed by atoms with Crippen molar-refractivity contribution in [2.45, 2.75) is 18.9 Å². The van der Waals surface area contributed by atoms with Gasteiger partial charge in [0.2, 0.25) is 0 Å². The molecular weight excluding hydrogens is 374 g/mol. The molecule has 150 valence electrons. The number of fused-ring (bicyclic) bond motifs is 1. The maximum atomic E-state index is 12.4. The minimum absolute atomic E-state index is 0.0736. The Morgan fingerprint density at radius 2 is 1.90 bits per heavy atom. The van der Waals surface area contributed by atoms with Gasteiger partial charge in [-0.1, -0.05) is 54.6 Å². The van der Waals surface area contributed by atoms with Crippen molar-refractivity contribution in [3.63, 3.8) is 0 Å². The molecule has 5 rings (SSSR count). The third kappa shape index (κ3) is 3.72. The number of rotatable bonds is 5. The van der Waals surface area contributed by atoms with Gasteiger partial charge in [0, 0.05) is 29.8 Å². The molecule has 1 aliphatic heterocycles. The smallest absolute Gasteiger partial charge is 0.251 e. The van der Waals surface area contributed by atoms with Crippen LogP contribution in [-0.4, -0.2) is 35.4 Å². The summed E-state index contributed by atoms with van der Waals surface area (Å²) in [5.74, 6) is -0.0736. The molecule has 1 aromatic heterocycles. The lowest BCUT2D eigenvalue weighted by Crippen LogP contribution is -2.31. The molecule has 30 heavy (non-hydrogen) atoms. The molecule has 1 amide bonds. The van der Waals surface area contributed by atoms with Gasteiger partial charge in [0.05, 0.1) is 17.5 Å². The molecule has 0 spiro atoms. The molecule has 1 atom stereocenters. The zero-order valence-corrected chi connectivity index (χ0v) is 16.6. The fourth-order valence-corrected chi connectivity index (χ4v) is 3.97. The minimum Gasteiger partial charge on any atom is -0.376 e. The topological polar surface area (TPSA) is 67.0 Å². The third-order valence-electron chi connectivity index (χ3n) is 5.61. The molecule has 1 unspecified atom stereocenters. The van der Waals surface area contributed by atoms with E-state index >= 15 is 0 Å². The van der Waals surface area contributed by atoms with Gasteiger partial charge in [0.1, 0.15) is 0 Å². The van der Waals surface area contributed by atoms with E-state index in [1.54, 1.807) is 0 Å². The summed E-state index contributed by atoms with van der Waals surface area (Å²) in [6, 6.07) is 24.2. The number of H-pyrrole nitrogens is 1. The molecule has 1 fully saturated rings. The third-order valence-corrected chi connectivity index (χ3v) is 5.61. The van der Waals surface area contributed by atoms with E-state index in [1.807, 2.05) is 42.5 Å². The predicted octanol–water partition coefficient (Wildman–Crippen LogP) is 4.81. The largest absolute Gasteiger partial charge is 0.376 e. The van der Waals surface area contributed by atoms with E-state index in [2.05, 4.69) is 45.8 Å². The van der Waals surface area contributed by atoms with Gasteiger partial charge in [-0.25, -0.2) is 0 Å². The Kier molecular flexibility index (Phi) is 5.03. The van der Waals surface area contributed by atoms with Crippen molar-refractivity contribution in [1.29, 1.82) is 0 Å². The normalized spacial score (nSPS) is 16.1. The van der Waals surface area contributed by atoms with Crippen LogP contribution in [-0.2, 0) is 4.74 Å². The molecule has 0 radical (unpaired) electrons. The molecule has 5 nitrogen and oxygen atoms in total. The summed E-state index contributed by atoms with van der Waals surface area (Å²) in [7, 11) is 0. The molecule has 0 saturated carbocycles. The summed E-state index contributed by atoms with van der Waals surface area (Å²) in [6.07, 6.45) is 2.22. The molecule has 0 aliphatic carbocycles. The van der Waals surface area contributed by atoms with Crippen LogP contribution in [0.3, 0.4) is 0 Å². The fraction of sp³-hybridized carbons (Fsp3) is 0.200. The number of nitrogens with one attached hydrogen (secondary N) is 2. The average Bonchev–Trinajstić information content (AvgIpc) is 3.50. The Morgan fingerprint density at radius 1 is 1.07 bits per heavy atom. The molecule has 4 aromatic rings. The highest BCUT2D eigenvalue weighted by Gasteiger charge is 2.17. The molecule has 2 N–H and O–H groups in total. The van der Waals surface area contributed by atoms with Gasteiger partial charge in [-0.05, 0) is 41.8 Å². The van der Waals surface area contributed by atoms with E-state index in [9.17, 15) is 4.79 Å². The number of carbonyl (C=O) groups is 1. The Balaban J connectivity index is 1.33. The highest BCUT2D eigenvalue weighted by atomic mass is 16.5. The highest BCUT2D eigenvalue weighted by Crippen LogP contribution is 2.29. The Bertz CT molecular complexity index is 1170. The number of hydrogen-bond acceptors (Lipinski definition) is 3. The number of nitrogens with zero attached hydrogens (tertiary/aromatic N) is 1. The van der Waals surface area contributed by atoms with Crippen molar-refractivity contribution >= 4 is 16.7 Å². The quantitative estimate of drug-likeness (QED) is 0.508. The van der Waals surface area contributed by atoms with E-state index in [1.165, 1.54) is 10.8 Å². The second-order valence-corrected chi connectivity index (χ2v) is 7.62. The van der Waals surface area contributed by atoms with Gasteiger partial charge < -0.3 is 10.1 Å². The zero-order chi connectivity index (χ0) is 20.3. The van der Waals surface area contributed by atoms with Crippen molar-refractivity contribution < 1.29 is 9.53 Å². The molecule has 1 saturated heterocycles. The molecular formula is C25H23N3O2. The second kappa shape index (κ2) is 8.13. The van der Waals surface area contributed by atoms with Crippen LogP contribution in [0.25, 0.3) is 33.3 Å². The number of aromatic nitrogens is 2. The highest BCUT2D eigenvalue weighted by molar-refractivity contribution is 5.96. The molecule has 0 bridgehead atoms. The summed E-state index contributed by atoms with van der Waals surface area (Å²) >= 11 is 0. The Hall–Kier alpha value is -3.44. The van der Waals surface area contributed by atoms with E-state index in [0.29, 0.717) is 12.1 Å². The van der Waals surface area contributed by atoms with Crippen LogP contribution in [0.4, 0.5) is 0 Å². The first kappa shape index (κ1) is 18.6. The maximum Gasteiger partial charge on any atom is 0.251 e. The van der Waals surface area contributed by atoms with E-state index in [0.717, 1.165) is 42.0 Å². The summed E-state index contributed by atoms with van der Waals surface area (Å²) < 4.78 is 5.56. The molecule has 5 heteroatoms. The first-order valence-electron chi connectivity index (χ1n) is 10.3. The first-order valence-corrected chi connectivity index (χ1v) is 10.3. The maximum absolute atomic E-state index is 12.4. The van der Waals surface area contributed by atoms with Gasteiger partial charge in [-0.15, -0.1) is 0 Å². The van der Waals surface area contributed by atoms with Crippen LogP contribution in [0, 0.1) is 0 Å². The lowest BCUT2D eigenvalue weighted by Gasteiger charge is -2.10. The summed E-state index contributed by atoms with van der Waals surface area (Å²) in [6.45, 7) is 1.36. The predicted molar refractivity (Wildman–Crippen MR) is 118 cm³/mol. The number of carbonyl (C=O) groups excluding carboxylic acids is 1. The van der Waals surface area contributed by atoms with E-state index < -0.39 is 0 Å². The van der Waals surface area contributed by atoms with Crippen LogP contribution >= 0.6 is 0 Å². The minimum atomic E-state index is -0.0736. The van der Waals surface area contributed by atoms with Crippen LogP contribution in [0.1, 0.15) is 23.2 Å². The second-order valence-electron chi connectivity index (χ2n) is 7.62. The van der Waals surface area contributed by atoms with Crippen LogP contribution in [0.5, 0.6) is 0 Å². The Labute approximate surface area is 175 Å². The monoisotopic (exact) mass is 397 g/mol. The van der Waals surface area contributed by atoms with Crippen LogP contribution in [0.15, 0.2) is 72.8 Å². The van der Waals surface area contributed by atoms with Crippen LogP contribution in [0.2, 0.25) is 0 Å². The van der Waals surface area contributed by atoms with Gasteiger partial charge in [-0.2, -0.15) is 5.10 Å². The van der Waals surface area contributed by atoms with Crippen molar-refractivity contribution in [3.8, 4) is 22.5 Å². The number of amides is 1. The van der Waals surface area contributed by atoms with Gasteiger partial charge in [0.15, 0.2) is 0 Å². The first-order chi connectivity index (χ1) is 14.8. The van der Waals surface area contributed by atoms with E-state index in [4.69, 9.17) is 4.74 Å². The average molecular weight is 397 g/mol. The lowest BCUT2D eigenvalue weighted by atomic mass is 10.0. The number of aromatic amines is 1. The van der Waals surface area contributed by atoms with Gasteiger partial charge >= 0.3 is 0 Å². The zero-order valence-electron chi connectivity index (χ0n) is 16.6. The SMILES string of the molecule is O=C(NCC1CCCO1)c1ccc(-c2cc(-c3cccc4ccccc34)[nH]n2)cc1.